The van der Waals surface area contributed by atoms with Crippen LogP contribution in [-0.4, -0.2) is 30.6 Å². The third-order valence-corrected chi connectivity index (χ3v) is 2.25. The van der Waals surface area contributed by atoms with E-state index in [1.54, 1.807) is 7.11 Å². The summed E-state index contributed by atoms with van der Waals surface area (Å²) >= 11 is 6.03. The van der Waals surface area contributed by atoms with E-state index in [0.717, 1.165) is 19.4 Å². The number of anilines is 1. The minimum Gasteiger partial charge on any atom is -0.385 e. The minimum atomic E-state index is 0.554. The largest absolute Gasteiger partial charge is 0.385 e. The molecule has 0 saturated heterocycles. The number of rotatable bonds is 7. The lowest BCUT2D eigenvalue weighted by Crippen LogP contribution is -2.06. The number of methoxy groups -OCH3 is 1. The summed E-state index contributed by atoms with van der Waals surface area (Å²) in [6.07, 6.45) is 3.59. The van der Waals surface area contributed by atoms with Gasteiger partial charge >= 0.3 is 0 Å². The maximum absolute atomic E-state index is 6.03. The van der Waals surface area contributed by atoms with E-state index in [-0.39, 0.29) is 0 Å². The van der Waals surface area contributed by atoms with Gasteiger partial charge in [-0.15, -0.1) is 0 Å². The molecule has 5 nitrogen and oxygen atoms in total. The van der Waals surface area contributed by atoms with Crippen LogP contribution in [0.3, 0.4) is 0 Å². The number of ether oxygens (including phenoxy) is 1. The van der Waals surface area contributed by atoms with E-state index < -0.39 is 0 Å². The monoisotopic (exact) mass is 245 g/mol. The molecule has 90 valence electrons. The highest BCUT2D eigenvalue weighted by atomic mass is 35.5. The van der Waals surface area contributed by atoms with Crippen LogP contribution in [0.4, 0.5) is 5.82 Å². The first kappa shape index (κ1) is 13.0. The van der Waals surface area contributed by atoms with Crippen molar-refractivity contribution in [3.8, 4) is 0 Å². The topological polar surface area (TPSA) is 60.2 Å². The third kappa shape index (κ3) is 3.83. The van der Waals surface area contributed by atoms with Gasteiger partial charge in [0, 0.05) is 20.3 Å². The van der Waals surface area contributed by atoms with Crippen LogP contribution in [0.15, 0.2) is 10.7 Å². The lowest BCUT2D eigenvalue weighted by molar-refractivity contribution is 0.197. The molecule has 0 aliphatic carbocycles. The fourth-order valence-corrected chi connectivity index (χ4v) is 1.44. The van der Waals surface area contributed by atoms with Gasteiger partial charge in [-0.05, 0) is 23.2 Å². The molecule has 1 N–H and O–H groups in total. The van der Waals surface area contributed by atoms with E-state index in [9.17, 15) is 0 Å². The molecule has 0 unspecified atom stereocenters. The summed E-state index contributed by atoms with van der Waals surface area (Å²) in [5.41, 5.74) is 0.556. The van der Waals surface area contributed by atoms with E-state index in [4.69, 9.17) is 16.3 Å². The smallest absolute Gasteiger partial charge is 0.199 e. The van der Waals surface area contributed by atoms with Gasteiger partial charge in [-0.3, -0.25) is 0 Å². The van der Waals surface area contributed by atoms with Crippen molar-refractivity contribution in [2.45, 2.75) is 19.8 Å². The Kier molecular flexibility index (Phi) is 5.88. The molecular weight excluding hydrogens is 230 g/mol. The van der Waals surface area contributed by atoms with Crippen molar-refractivity contribution in [2.24, 2.45) is 0 Å². The minimum absolute atomic E-state index is 0.554. The first-order valence-electron chi connectivity index (χ1n) is 5.21. The average molecular weight is 246 g/mol. The van der Waals surface area contributed by atoms with Crippen LogP contribution in [-0.2, 0) is 4.74 Å². The molecule has 0 spiro atoms. The second-order valence-corrected chi connectivity index (χ2v) is 3.60. The fraction of sp³-hybridized carbons (Fsp3) is 0.600. The Balaban J connectivity index is 2.53. The molecule has 0 atom stereocenters. The second-order valence-electron chi connectivity index (χ2n) is 3.19. The summed E-state index contributed by atoms with van der Waals surface area (Å²) in [5, 5.41) is 11.2. The van der Waals surface area contributed by atoms with Gasteiger partial charge in [0.2, 0.25) is 0 Å². The van der Waals surface area contributed by atoms with Crippen LogP contribution in [0.5, 0.6) is 0 Å². The first-order valence-corrected chi connectivity index (χ1v) is 5.58. The van der Waals surface area contributed by atoms with Crippen LogP contribution in [0.1, 0.15) is 25.5 Å². The Morgan fingerprint density at radius 1 is 1.56 bits per heavy atom. The molecule has 1 aromatic rings. The van der Waals surface area contributed by atoms with Crippen LogP contribution >= 0.6 is 11.6 Å². The van der Waals surface area contributed by atoms with Gasteiger partial charge in [0.25, 0.3) is 0 Å². The number of halogens is 1. The van der Waals surface area contributed by atoms with E-state index in [1.165, 1.54) is 0 Å². The third-order valence-electron chi connectivity index (χ3n) is 1.92. The maximum Gasteiger partial charge on any atom is 0.199 e. The van der Waals surface area contributed by atoms with Crippen molar-refractivity contribution in [1.29, 1.82) is 0 Å². The normalized spacial score (nSPS) is 11.8. The quantitative estimate of drug-likeness (QED) is 0.748. The molecule has 1 aromatic heterocycles. The fourth-order valence-electron chi connectivity index (χ4n) is 1.16. The average Bonchev–Trinajstić information content (AvgIpc) is 2.73. The van der Waals surface area contributed by atoms with Crippen molar-refractivity contribution >= 4 is 22.5 Å². The zero-order valence-corrected chi connectivity index (χ0v) is 10.3. The Labute approximate surface area is 99.8 Å². The van der Waals surface area contributed by atoms with E-state index in [0.29, 0.717) is 23.2 Å². The predicted molar refractivity (Wildman–Crippen MR) is 63.4 cm³/mol. The summed E-state index contributed by atoms with van der Waals surface area (Å²) in [6, 6.07) is 0. The van der Waals surface area contributed by atoms with Gasteiger partial charge in [-0.25, -0.2) is 4.63 Å². The molecule has 0 aromatic carbocycles. The lowest BCUT2D eigenvalue weighted by atomic mass is 10.3. The van der Waals surface area contributed by atoms with Crippen molar-refractivity contribution < 1.29 is 9.37 Å². The SMILES string of the molecule is CCC=C(Cl)c1nonc1NCCCOC. The number of nitrogens with one attached hydrogen (secondary N) is 1. The van der Waals surface area contributed by atoms with Crippen molar-refractivity contribution in [3.05, 3.63) is 11.8 Å². The van der Waals surface area contributed by atoms with E-state index in [1.807, 2.05) is 13.0 Å². The summed E-state index contributed by atoms with van der Waals surface area (Å²) in [4.78, 5) is 0. The van der Waals surface area contributed by atoms with Crippen molar-refractivity contribution in [1.82, 2.24) is 10.3 Å². The van der Waals surface area contributed by atoms with E-state index >= 15 is 0 Å². The first-order chi connectivity index (χ1) is 7.79. The highest BCUT2D eigenvalue weighted by Gasteiger charge is 2.11. The summed E-state index contributed by atoms with van der Waals surface area (Å²) < 4.78 is 9.59. The molecule has 0 saturated carbocycles. The summed E-state index contributed by atoms with van der Waals surface area (Å²) in [5.74, 6) is 0.575. The van der Waals surface area contributed by atoms with Crippen LogP contribution in [0, 0.1) is 0 Å². The van der Waals surface area contributed by atoms with Gasteiger partial charge in [-0.1, -0.05) is 24.6 Å². The highest BCUT2D eigenvalue weighted by molar-refractivity contribution is 6.48. The van der Waals surface area contributed by atoms with Crippen LogP contribution < -0.4 is 5.32 Å². The molecule has 0 bridgehead atoms. The molecule has 0 aliphatic heterocycles. The summed E-state index contributed by atoms with van der Waals surface area (Å²) in [6.45, 7) is 3.44. The van der Waals surface area contributed by atoms with Gasteiger partial charge in [-0.2, -0.15) is 0 Å². The Morgan fingerprint density at radius 3 is 3.06 bits per heavy atom. The van der Waals surface area contributed by atoms with Crippen molar-refractivity contribution in [3.63, 3.8) is 0 Å². The second kappa shape index (κ2) is 7.24. The van der Waals surface area contributed by atoms with Crippen molar-refractivity contribution in [2.75, 3.05) is 25.6 Å². The van der Waals surface area contributed by atoms with Crippen LogP contribution in [0.2, 0.25) is 0 Å². The number of nitrogens with zero attached hydrogens (tertiary/aromatic N) is 2. The molecule has 16 heavy (non-hydrogen) atoms. The van der Waals surface area contributed by atoms with Crippen LogP contribution in [0.25, 0.3) is 5.03 Å². The van der Waals surface area contributed by atoms with Gasteiger partial charge in [0.1, 0.15) is 0 Å². The zero-order valence-electron chi connectivity index (χ0n) is 9.49. The Morgan fingerprint density at radius 2 is 2.38 bits per heavy atom. The Bertz CT molecular complexity index is 339. The molecule has 6 heteroatoms. The van der Waals surface area contributed by atoms with Gasteiger partial charge < -0.3 is 10.1 Å². The molecule has 0 amide bonds. The predicted octanol–water partition coefficient (Wildman–Crippen LogP) is 2.51. The number of allylic oxidation sites excluding steroid dienone is 1. The van der Waals surface area contributed by atoms with Gasteiger partial charge in [0.05, 0.1) is 5.03 Å². The van der Waals surface area contributed by atoms with E-state index in [2.05, 4.69) is 20.3 Å². The Hall–Kier alpha value is -1.07. The number of aromatic nitrogens is 2. The van der Waals surface area contributed by atoms with Gasteiger partial charge in [0.15, 0.2) is 11.5 Å². The zero-order chi connectivity index (χ0) is 11.8. The molecular formula is C10H16ClN3O2. The molecule has 0 aliphatic rings. The number of hydrogen-bond donors (Lipinski definition) is 1. The molecule has 1 heterocycles. The number of hydrogen-bond acceptors (Lipinski definition) is 5. The molecule has 0 fully saturated rings. The lowest BCUT2D eigenvalue weighted by Gasteiger charge is -2.02. The molecule has 0 radical (unpaired) electrons. The highest BCUT2D eigenvalue weighted by Crippen LogP contribution is 2.23. The summed E-state index contributed by atoms with van der Waals surface area (Å²) in [7, 11) is 1.67. The standard InChI is InChI=1S/C10H16ClN3O2/c1-3-5-8(11)9-10(14-16-13-9)12-6-4-7-15-2/h5H,3-4,6-7H2,1-2H3,(H,12,14). The molecule has 1 rings (SSSR count). The maximum atomic E-state index is 6.03.